The van der Waals surface area contributed by atoms with Crippen molar-refractivity contribution >= 4 is 17.4 Å². The second-order valence-corrected chi connectivity index (χ2v) is 9.35. The highest BCUT2D eigenvalue weighted by Crippen LogP contribution is 2.44. The maximum absolute atomic E-state index is 13.6. The van der Waals surface area contributed by atoms with Gasteiger partial charge < -0.3 is 10.0 Å². The summed E-state index contributed by atoms with van der Waals surface area (Å²) >= 11 is 0. The van der Waals surface area contributed by atoms with Crippen molar-refractivity contribution in [1.29, 1.82) is 0 Å². The van der Waals surface area contributed by atoms with Crippen LogP contribution in [0.3, 0.4) is 0 Å². The van der Waals surface area contributed by atoms with Gasteiger partial charge in [0.05, 0.1) is 18.7 Å². The number of carbonyl (C=O) groups excluding carboxylic acids is 2. The molecule has 0 saturated heterocycles. The van der Waals surface area contributed by atoms with Crippen molar-refractivity contribution in [2.24, 2.45) is 0 Å². The van der Waals surface area contributed by atoms with Crippen LogP contribution in [0.25, 0.3) is 0 Å². The summed E-state index contributed by atoms with van der Waals surface area (Å²) in [7, 11) is 0. The molecule has 0 saturated carbocycles. The molecule has 170 valence electrons. The predicted octanol–water partition coefficient (Wildman–Crippen LogP) is 5.54. The maximum atomic E-state index is 13.6. The van der Waals surface area contributed by atoms with Crippen LogP contribution in [0.1, 0.15) is 61.3 Å². The first-order chi connectivity index (χ1) is 15.6. The summed E-state index contributed by atoms with van der Waals surface area (Å²) in [6, 6.07) is 15.2. The van der Waals surface area contributed by atoms with Crippen LogP contribution in [0.4, 0.5) is 5.69 Å². The molecule has 0 fully saturated rings. The van der Waals surface area contributed by atoms with Gasteiger partial charge in [-0.15, -0.1) is 0 Å². The number of nitrogens with zero attached hydrogens (tertiary/aromatic N) is 1. The van der Waals surface area contributed by atoms with Crippen LogP contribution in [0.5, 0.6) is 0 Å². The van der Waals surface area contributed by atoms with Crippen molar-refractivity contribution < 1.29 is 14.7 Å². The van der Waals surface area contributed by atoms with Crippen molar-refractivity contribution in [1.82, 2.24) is 0 Å². The Kier molecular flexibility index (Phi) is 5.75. The first kappa shape index (κ1) is 22.9. The number of rotatable bonds is 5. The molecule has 1 amide bonds. The van der Waals surface area contributed by atoms with Crippen LogP contribution < -0.4 is 4.90 Å². The summed E-state index contributed by atoms with van der Waals surface area (Å²) in [4.78, 5) is 28.8. The second-order valence-electron chi connectivity index (χ2n) is 9.35. The predicted molar refractivity (Wildman–Crippen MR) is 132 cm³/mol. The normalized spacial score (nSPS) is 17.4. The summed E-state index contributed by atoms with van der Waals surface area (Å²) in [6.07, 6.45) is -0.281. The number of fused-ring (bicyclic) bond motifs is 1. The average molecular weight is 442 g/mol. The zero-order valence-electron chi connectivity index (χ0n) is 20.2. The number of hydrogen-bond donors (Lipinski definition) is 1. The Labute approximate surface area is 195 Å². The largest absolute Gasteiger partial charge is 0.375 e. The third-order valence-corrected chi connectivity index (χ3v) is 7.40. The van der Waals surface area contributed by atoms with E-state index in [0.29, 0.717) is 23.4 Å². The monoisotopic (exact) mass is 441 g/mol. The lowest BCUT2D eigenvalue weighted by molar-refractivity contribution is -0.136. The van der Waals surface area contributed by atoms with Gasteiger partial charge in [0.1, 0.15) is 0 Å². The molecule has 3 aromatic rings. The number of anilines is 1. The maximum Gasteiger partial charge on any atom is 0.264 e. The number of hydrogen-bond acceptors (Lipinski definition) is 3. The highest BCUT2D eigenvalue weighted by molar-refractivity contribution is 6.11. The molecule has 1 atom stereocenters. The lowest BCUT2D eigenvalue weighted by atomic mass is 9.82. The van der Waals surface area contributed by atoms with Crippen LogP contribution in [0, 0.1) is 41.5 Å². The van der Waals surface area contributed by atoms with Gasteiger partial charge in [0, 0.05) is 11.1 Å². The molecule has 0 bridgehead atoms. The number of carbonyl (C=O) groups is 2. The van der Waals surface area contributed by atoms with Gasteiger partial charge in [0.15, 0.2) is 11.4 Å². The minimum atomic E-state index is -1.88. The van der Waals surface area contributed by atoms with E-state index in [4.69, 9.17) is 0 Å². The van der Waals surface area contributed by atoms with Crippen molar-refractivity contribution in [2.75, 3.05) is 4.90 Å². The molecule has 4 rings (SSSR count). The number of para-hydroxylation sites is 1. The Bertz CT molecular complexity index is 1240. The third kappa shape index (κ3) is 3.68. The van der Waals surface area contributed by atoms with Gasteiger partial charge in [-0.25, -0.2) is 0 Å². The van der Waals surface area contributed by atoms with Crippen molar-refractivity contribution in [3.63, 3.8) is 0 Å². The SMILES string of the molecule is Cc1ccc(CN2C(=O)[C@](O)(CC(=O)c3c(C)c(C)c(C)c(C)c3C)c3ccccc32)cc1. The molecule has 3 aromatic carbocycles. The summed E-state index contributed by atoms with van der Waals surface area (Å²) in [5.41, 5.74) is 7.15. The molecule has 0 aromatic heterocycles. The number of Topliss-reactive ketones (excluding diaryl/α,β-unsaturated/α-hetero) is 1. The number of benzene rings is 3. The molecule has 0 radical (unpaired) electrons. The first-order valence-corrected chi connectivity index (χ1v) is 11.4. The molecule has 4 nitrogen and oxygen atoms in total. The molecule has 0 aliphatic carbocycles. The Morgan fingerprint density at radius 2 is 1.36 bits per heavy atom. The molecule has 0 unspecified atom stereocenters. The Balaban J connectivity index is 1.73. The van der Waals surface area contributed by atoms with E-state index in [9.17, 15) is 14.7 Å². The topological polar surface area (TPSA) is 57.6 Å². The molecular weight excluding hydrogens is 410 g/mol. The zero-order chi connectivity index (χ0) is 24.1. The van der Waals surface area contributed by atoms with Crippen LogP contribution >= 0.6 is 0 Å². The standard InChI is InChI=1S/C29H31NO3/c1-17-11-13-23(14-12-17)16-30-25-10-8-7-9-24(25)29(33,28(30)32)15-26(31)27-21(5)19(3)18(2)20(4)22(27)6/h7-14,33H,15-16H2,1-6H3/t29-/m0/s1. The minimum Gasteiger partial charge on any atom is -0.375 e. The van der Waals surface area contributed by atoms with Crippen LogP contribution in [-0.4, -0.2) is 16.8 Å². The molecule has 4 heteroatoms. The Hall–Kier alpha value is -3.24. The molecule has 33 heavy (non-hydrogen) atoms. The van der Waals surface area contributed by atoms with E-state index in [1.54, 1.807) is 17.0 Å². The smallest absolute Gasteiger partial charge is 0.264 e. The molecular formula is C29H31NO3. The van der Waals surface area contributed by atoms with Gasteiger partial charge >= 0.3 is 0 Å². The molecule has 0 spiro atoms. The molecule has 1 N–H and O–H groups in total. The van der Waals surface area contributed by atoms with Crippen molar-refractivity contribution in [3.05, 3.63) is 98.6 Å². The molecule has 1 heterocycles. The lowest BCUT2D eigenvalue weighted by Gasteiger charge is -2.24. The number of aliphatic hydroxyl groups is 1. The van der Waals surface area contributed by atoms with E-state index in [1.165, 1.54) is 5.56 Å². The van der Waals surface area contributed by atoms with Gasteiger partial charge in [-0.1, -0.05) is 48.0 Å². The lowest BCUT2D eigenvalue weighted by Crippen LogP contribution is -2.41. The number of ketones is 1. The quantitative estimate of drug-likeness (QED) is 0.529. The highest BCUT2D eigenvalue weighted by Gasteiger charge is 2.51. The first-order valence-electron chi connectivity index (χ1n) is 11.4. The van der Waals surface area contributed by atoms with E-state index in [0.717, 1.165) is 33.4 Å². The zero-order valence-corrected chi connectivity index (χ0v) is 20.2. The van der Waals surface area contributed by atoms with Gasteiger partial charge in [-0.3, -0.25) is 9.59 Å². The summed E-state index contributed by atoms with van der Waals surface area (Å²) in [5.74, 6) is -0.660. The van der Waals surface area contributed by atoms with Crippen molar-refractivity contribution in [3.8, 4) is 0 Å². The van der Waals surface area contributed by atoms with Crippen LogP contribution in [0.2, 0.25) is 0 Å². The van der Waals surface area contributed by atoms with E-state index in [1.807, 2.05) is 71.0 Å². The average Bonchev–Trinajstić information content (AvgIpc) is 3.00. The fourth-order valence-electron chi connectivity index (χ4n) is 4.95. The minimum absolute atomic E-state index is 0.209. The van der Waals surface area contributed by atoms with Gasteiger partial charge in [-0.2, -0.15) is 0 Å². The fraction of sp³-hybridized carbons (Fsp3) is 0.310. The Morgan fingerprint density at radius 1 is 0.818 bits per heavy atom. The van der Waals surface area contributed by atoms with E-state index >= 15 is 0 Å². The van der Waals surface area contributed by atoms with Gasteiger partial charge in [-0.05, 0) is 81.0 Å². The number of aryl methyl sites for hydroxylation is 1. The van der Waals surface area contributed by atoms with Crippen LogP contribution in [0.15, 0.2) is 48.5 Å². The van der Waals surface area contributed by atoms with Gasteiger partial charge in [0.2, 0.25) is 0 Å². The second kappa shape index (κ2) is 8.27. The summed E-state index contributed by atoms with van der Waals surface area (Å²) in [6.45, 7) is 12.3. The summed E-state index contributed by atoms with van der Waals surface area (Å²) < 4.78 is 0. The van der Waals surface area contributed by atoms with Crippen molar-refractivity contribution in [2.45, 2.75) is 60.1 Å². The van der Waals surface area contributed by atoms with Crippen LogP contribution in [-0.2, 0) is 16.9 Å². The Morgan fingerprint density at radius 3 is 1.97 bits per heavy atom. The van der Waals surface area contributed by atoms with E-state index < -0.39 is 11.5 Å². The highest BCUT2D eigenvalue weighted by atomic mass is 16.3. The molecule has 1 aliphatic heterocycles. The summed E-state index contributed by atoms with van der Waals surface area (Å²) in [5, 5.41) is 11.7. The third-order valence-electron chi connectivity index (χ3n) is 7.40. The van der Waals surface area contributed by atoms with E-state index in [-0.39, 0.29) is 12.2 Å². The van der Waals surface area contributed by atoms with Gasteiger partial charge in [0.25, 0.3) is 5.91 Å². The number of amides is 1. The fourth-order valence-corrected chi connectivity index (χ4v) is 4.95. The van der Waals surface area contributed by atoms with E-state index in [2.05, 4.69) is 6.92 Å². The molecule has 1 aliphatic rings.